The first kappa shape index (κ1) is 11.2. The third-order valence-corrected chi connectivity index (χ3v) is 2.11. The monoisotopic (exact) mass is 213 g/mol. The van der Waals surface area contributed by atoms with Gasteiger partial charge in [0, 0.05) is 23.2 Å². The minimum Gasteiger partial charge on any atom is -0.305 e. The van der Waals surface area contributed by atoms with Gasteiger partial charge in [-0.25, -0.2) is 4.39 Å². The molecule has 0 saturated carbocycles. The quantitative estimate of drug-likeness (QED) is 0.810. The van der Waals surface area contributed by atoms with Gasteiger partial charge in [0.1, 0.15) is 5.82 Å². The molecule has 0 amide bonds. The molecule has 1 aromatic carbocycles. The van der Waals surface area contributed by atoms with Crippen molar-refractivity contribution in [3.63, 3.8) is 0 Å². The number of hydrogen-bond donors (Lipinski definition) is 1. The van der Waals surface area contributed by atoms with E-state index in [4.69, 9.17) is 11.6 Å². The van der Waals surface area contributed by atoms with Crippen molar-refractivity contribution in [2.45, 2.75) is 13.0 Å². The SMILES string of the molecule is C=C(Cl)CNC(C)c1ccccc1F. The van der Waals surface area contributed by atoms with Gasteiger partial charge in [-0.2, -0.15) is 0 Å². The van der Waals surface area contributed by atoms with Crippen LogP contribution in [0.25, 0.3) is 0 Å². The van der Waals surface area contributed by atoms with Crippen molar-refractivity contribution in [1.82, 2.24) is 5.32 Å². The molecule has 0 aliphatic heterocycles. The minimum absolute atomic E-state index is 0.0632. The van der Waals surface area contributed by atoms with E-state index in [2.05, 4.69) is 11.9 Å². The fraction of sp³-hybridized carbons (Fsp3) is 0.273. The third-order valence-electron chi connectivity index (χ3n) is 1.97. The standard InChI is InChI=1S/C11H13ClFN/c1-8(12)7-14-9(2)10-5-3-4-6-11(10)13/h3-6,9,14H,1,7H2,2H3. The first-order valence-electron chi connectivity index (χ1n) is 4.42. The second kappa shape index (κ2) is 5.13. The molecule has 0 spiro atoms. The third kappa shape index (κ3) is 3.13. The van der Waals surface area contributed by atoms with Crippen LogP contribution in [-0.2, 0) is 0 Å². The molecular weight excluding hydrogens is 201 g/mol. The summed E-state index contributed by atoms with van der Waals surface area (Å²) in [5.74, 6) is -0.201. The Kier molecular flexibility index (Phi) is 4.11. The molecule has 1 unspecified atom stereocenters. The molecule has 1 aromatic rings. The molecule has 0 aliphatic carbocycles. The van der Waals surface area contributed by atoms with Gasteiger partial charge in [0.05, 0.1) is 0 Å². The van der Waals surface area contributed by atoms with Crippen LogP contribution in [0.5, 0.6) is 0 Å². The summed E-state index contributed by atoms with van der Waals surface area (Å²) in [4.78, 5) is 0. The molecule has 0 heterocycles. The molecule has 0 saturated heterocycles. The van der Waals surface area contributed by atoms with Crippen LogP contribution in [-0.4, -0.2) is 6.54 Å². The number of hydrogen-bond acceptors (Lipinski definition) is 1. The van der Waals surface area contributed by atoms with Crippen molar-refractivity contribution in [2.75, 3.05) is 6.54 Å². The van der Waals surface area contributed by atoms with Crippen molar-refractivity contribution in [3.05, 3.63) is 47.3 Å². The molecule has 0 bridgehead atoms. The van der Waals surface area contributed by atoms with E-state index in [-0.39, 0.29) is 11.9 Å². The smallest absolute Gasteiger partial charge is 0.127 e. The van der Waals surface area contributed by atoms with Crippen LogP contribution in [0.1, 0.15) is 18.5 Å². The Morgan fingerprint density at radius 2 is 2.21 bits per heavy atom. The molecule has 0 aromatic heterocycles. The van der Waals surface area contributed by atoms with E-state index in [1.165, 1.54) is 6.07 Å². The Balaban J connectivity index is 2.65. The molecule has 1 rings (SSSR count). The molecule has 1 nitrogen and oxygen atoms in total. The van der Waals surface area contributed by atoms with E-state index in [9.17, 15) is 4.39 Å². The summed E-state index contributed by atoms with van der Waals surface area (Å²) in [7, 11) is 0. The summed E-state index contributed by atoms with van der Waals surface area (Å²) < 4.78 is 13.3. The highest BCUT2D eigenvalue weighted by molar-refractivity contribution is 6.29. The van der Waals surface area contributed by atoms with E-state index in [0.29, 0.717) is 17.1 Å². The predicted molar refractivity (Wildman–Crippen MR) is 57.8 cm³/mol. The maximum Gasteiger partial charge on any atom is 0.127 e. The molecule has 3 heteroatoms. The van der Waals surface area contributed by atoms with Crippen LogP contribution in [0.3, 0.4) is 0 Å². The van der Waals surface area contributed by atoms with Crippen LogP contribution < -0.4 is 5.32 Å². The molecular formula is C11H13ClFN. The van der Waals surface area contributed by atoms with Crippen molar-refractivity contribution < 1.29 is 4.39 Å². The molecule has 0 aliphatic rings. The minimum atomic E-state index is -0.201. The lowest BCUT2D eigenvalue weighted by molar-refractivity contribution is 0.548. The topological polar surface area (TPSA) is 12.0 Å². The highest BCUT2D eigenvalue weighted by Gasteiger charge is 2.08. The van der Waals surface area contributed by atoms with Crippen LogP contribution in [0.2, 0.25) is 0 Å². The fourth-order valence-electron chi connectivity index (χ4n) is 1.20. The lowest BCUT2D eigenvalue weighted by atomic mass is 10.1. The lowest BCUT2D eigenvalue weighted by Gasteiger charge is -2.14. The zero-order valence-corrected chi connectivity index (χ0v) is 8.81. The van der Waals surface area contributed by atoms with Crippen molar-refractivity contribution in [3.8, 4) is 0 Å². The van der Waals surface area contributed by atoms with Crippen LogP contribution >= 0.6 is 11.6 Å². The zero-order valence-electron chi connectivity index (χ0n) is 8.06. The van der Waals surface area contributed by atoms with Gasteiger partial charge in [-0.3, -0.25) is 0 Å². The van der Waals surface area contributed by atoms with E-state index in [1.54, 1.807) is 12.1 Å². The van der Waals surface area contributed by atoms with E-state index in [1.807, 2.05) is 13.0 Å². The van der Waals surface area contributed by atoms with E-state index in [0.717, 1.165) is 0 Å². The van der Waals surface area contributed by atoms with Crippen molar-refractivity contribution in [2.24, 2.45) is 0 Å². The van der Waals surface area contributed by atoms with Gasteiger partial charge in [-0.05, 0) is 13.0 Å². The maximum absolute atomic E-state index is 13.3. The summed E-state index contributed by atoms with van der Waals surface area (Å²) in [5, 5.41) is 3.59. The number of benzene rings is 1. The van der Waals surface area contributed by atoms with E-state index < -0.39 is 0 Å². The molecule has 0 fully saturated rings. The average Bonchev–Trinajstić information content (AvgIpc) is 2.15. The van der Waals surface area contributed by atoms with Crippen LogP contribution in [0.15, 0.2) is 35.9 Å². The normalized spacial score (nSPS) is 12.5. The Hall–Kier alpha value is -0.860. The molecule has 0 radical (unpaired) electrons. The van der Waals surface area contributed by atoms with Gasteiger partial charge in [0.25, 0.3) is 0 Å². The fourth-order valence-corrected chi connectivity index (χ4v) is 1.28. The molecule has 76 valence electrons. The van der Waals surface area contributed by atoms with Crippen LogP contribution in [0, 0.1) is 5.82 Å². The molecule has 1 N–H and O–H groups in total. The largest absolute Gasteiger partial charge is 0.305 e. The van der Waals surface area contributed by atoms with Gasteiger partial charge in [-0.15, -0.1) is 0 Å². The number of halogens is 2. The van der Waals surface area contributed by atoms with Gasteiger partial charge in [-0.1, -0.05) is 36.4 Å². The Morgan fingerprint density at radius 1 is 1.57 bits per heavy atom. The molecule has 1 atom stereocenters. The van der Waals surface area contributed by atoms with Gasteiger partial charge < -0.3 is 5.32 Å². The van der Waals surface area contributed by atoms with Crippen molar-refractivity contribution >= 4 is 11.6 Å². The van der Waals surface area contributed by atoms with Crippen molar-refractivity contribution in [1.29, 1.82) is 0 Å². The second-order valence-electron chi connectivity index (χ2n) is 3.14. The average molecular weight is 214 g/mol. The van der Waals surface area contributed by atoms with E-state index >= 15 is 0 Å². The van der Waals surface area contributed by atoms with Gasteiger partial charge in [0.2, 0.25) is 0 Å². The predicted octanol–water partition coefficient (Wildman–Crippen LogP) is 3.23. The van der Waals surface area contributed by atoms with Gasteiger partial charge in [0.15, 0.2) is 0 Å². The highest BCUT2D eigenvalue weighted by Crippen LogP contribution is 2.16. The second-order valence-corrected chi connectivity index (χ2v) is 3.68. The van der Waals surface area contributed by atoms with Gasteiger partial charge >= 0.3 is 0 Å². The Morgan fingerprint density at radius 3 is 2.79 bits per heavy atom. The zero-order chi connectivity index (χ0) is 10.6. The Bertz CT molecular complexity index is 325. The highest BCUT2D eigenvalue weighted by atomic mass is 35.5. The summed E-state index contributed by atoms with van der Waals surface area (Å²) in [6.45, 7) is 5.92. The maximum atomic E-state index is 13.3. The lowest BCUT2D eigenvalue weighted by Crippen LogP contribution is -2.20. The number of rotatable bonds is 4. The number of nitrogens with one attached hydrogen (secondary N) is 1. The molecule has 14 heavy (non-hydrogen) atoms. The summed E-state index contributed by atoms with van der Waals surface area (Å²) in [5.41, 5.74) is 0.644. The summed E-state index contributed by atoms with van der Waals surface area (Å²) in [6.07, 6.45) is 0. The summed E-state index contributed by atoms with van der Waals surface area (Å²) >= 11 is 5.60. The first-order valence-corrected chi connectivity index (χ1v) is 4.80. The van der Waals surface area contributed by atoms with Crippen LogP contribution in [0.4, 0.5) is 4.39 Å². The Labute approximate surface area is 88.6 Å². The first-order chi connectivity index (χ1) is 6.61. The summed E-state index contributed by atoms with van der Waals surface area (Å²) in [6, 6.07) is 6.62.